The van der Waals surface area contributed by atoms with Gasteiger partial charge in [-0.15, -0.1) is 0 Å². The van der Waals surface area contributed by atoms with Crippen molar-refractivity contribution in [1.82, 2.24) is 14.9 Å². The third-order valence-corrected chi connectivity index (χ3v) is 5.98. The highest BCUT2D eigenvalue weighted by Gasteiger charge is 2.50. The molecule has 3 aromatic rings. The highest BCUT2D eigenvalue weighted by molar-refractivity contribution is 6.15. The van der Waals surface area contributed by atoms with Gasteiger partial charge in [0.25, 0.3) is 5.91 Å². The SMILES string of the molecule is COC(=O)c1ncn2c1C(=O)N(c1cc(C)ccc1C)C(C)(C(=O)NCc1ccccc1)C2. The summed E-state index contributed by atoms with van der Waals surface area (Å²) in [7, 11) is 1.24. The Morgan fingerprint density at radius 1 is 1.15 bits per heavy atom. The van der Waals surface area contributed by atoms with E-state index in [9.17, 15) is 14.4 Å². The number of benzene rings is 2. The normalized spacial score (nSPS) is 17.5. The molecular weight excluding hydrogens is 420 g/mol. The van der Waals surface area contributed by atoms with Crippen molar-refractivity contribution in [2.75, 3.05) is 12.0 Å². The number of fused-ring (bicyclic) bond motifs is 1. The molecule has 1 unspecified atom stereocenters. The average Bonchev–Trinajstić information content (AvgIpc) is 3.23. The Labute approximate surface area is 192 Å². The maximum absolute atomic E-state index is 13.9. The van der Waals surface area contributed by atoms with Crippen LogP contribution in [0.15, 0.2) is 54.9 Å². The first-order valence-electron chi connectivity index (χ1n) is 10.6. The molecule has 0 aliphatic carbocycles. The van der Waals surface area contributed by atoms with Gasteiger partial charge in [-0.2, -0.15) is 0 Å². The summed E-state index contributed by atoms with van der Waals surface area (Å²) < 4.78 is 6.37. The second-order valence-electron chi connectivity index (χ2n) is 8.43. The molecule has 33 heavy (non-hydrogen) atoms. The molecule has 0 bridgehead atoms. The lowest BCUT2D eigenvalue weighted by Gasteiger charge is -2.44. The maximum Gasteiger partial charge on any atom is 0.359 e. The molecular formula is C25H26N4O4. The molecule has 0 saturated carbocycles. The fourth-order valence-corrected chi connectivity index (χ4v) is 4.18. The van der Waals surface area contributed by atoms with Gasteiger partial charge in [-0.3, -0.25) is 14.5 Å². The number of aryl methyl sites for hydroxylation is 2. The van der Waals surface area contributed by atoms with E-state index in [0.717, 1.165) is 16.7 Å². The van der Waals surface area contributed by atoms with Crippen molar-refractivity contribution in [3.8, 4) is 0 Å². The van der Waals surface area contributed by atoms with Crippen molar-refractivity contribution < 1.29 is 19.1 Å². The second-order valence-corrected chi connectivity index (χ2v) is 8.43. The molecule has 0 radical (unpaired) electrons. The van der Waals surface area contributed by atoms with Crippen LogP contribution in [-0.4, -0.2) is 40.0 Å². The van der Waals surface area contributed by atoms with Crippen molar-refractivity contribution in [2.24, 2.45) is 0 Å². The number of nitrogens with one attached hydrogen (secondary N) is 1. The number of rotatable bonds is 5. The van der Waals surface area contributed by atoms with Crippen LogP contribution in [0, 0.1) is 13.8 Å². The van der Waals surface area contributed by atoms with Crippen LogP contribution in [0.4, 0.5) is 5.69 Å². The number of imidazole rings is 1. The van der Waals surface area contributed by atoms with Crippen molar-refractivity contribution >= 4 is 23.5 Å². The summed E-state index contributed by atoms with van der Waals surface area (Å²) in [4.78, 5) is 45.3. The van der Waals surface area contributed by atoms with Crippen LogP contribution in [0.5, 0.6) is 0 Å². The van der Waals surface area contributed by atoms with Crippen LogP contribution < -0.4 is 10.2 Å². The molecule has 2 aromatic carbocycles. The number of hydrogen-bond donors (Lipinski definition) is 1. The summed E-state index contributed by atoms with van der Waals surface area (Å²) in [6.45, 7) is 6.00. The van der Waals surface area contributed by atoms with Crippen molar-refractivity contribution in [3.05, 3.63) is 82.9 Å². The van der Waals surface area contributed by atoms with Crippen LogP contribution in [0.3, 0.4) is 0 Å². The van der Waals surface area contributed by atoms with Gasteiger partial charge in [0, 0.05) is 12.2 Å². The zero-order valence-electron chi connectivity index (χ0n) is 19.1. The smallest absolute Gasteiger partial charge is 0.359 e. The molecule has 1 N–H and O–H groups in total. The number of carbonyl (C=O) groups excluding carboxylic acids is 3. The van der Waals surface area contributed by atoms with E-state index in [4.69, 9.17) is 4.74 Å². The minimum atomic E-state index is -1.26. The van der Waals surface area contributed by atoms with Gasteiger partial charge in [-0.1, -0.05) is 42.5 Å². The largest absolute Gasteiger partial charge is 0.464 e. The molecule has 8 heteroatoms. The Hall–Kier alpha value is -3.94. The lowest BCUT2D eigenvalue weighted by atomic mass is 9.92. The van der Waals surface area contributed by atoms with E-state index in [1.165, 1.54) is 18.3 Å². The minimum Gasteiger partial charge on any atom is -0.464 e. The van der Waals surface area contributed by atoms with Gasteiger partial charge >= 0.3 is 5.97 Å². The van der Waals surface area contributed by atoms with E-state index in [1.807, 2.05) is 62.4 Å². The van der Waals surface area contributed by atoms with Gasteiger partial charge in [-0.25, -0.2) is 9.78 Å². The third-order valence-electron chi connectivity index (χ3n) is 5.98. The number of esters is 1. The Morgan fingerprint density at radius 2 is 1.88 bits per heavy atom. The number of aromatic nitrogens is 2. The summed E-state index contributed by atoms with van der Waals surface area (Å²) in [5.74, 6) is -1.49. The predicted octanol–water partition coefficient (Wildman–Crippen LogP) is 3.02. The Kier molecular flexibility index (Phi) is 5.76. The van der Waals surface area contributed by atoms with Crippen LogP contribution in [0.2, 0.25) is 0 Å². The molecule has 4 rings (SSSR count). The highest BCUT2D eigenvalue weighted by atomic mass is 16.5. The Bertz CT molecular complexity index is 1230. The molecule has 0 spiro atoms. The number of nitrogens with zero attached hydrogens (tertiary/aromatic N) is 3. The van der Waals surface area contributed by atoms with E-state index in [1.54, 1.807) is 11.5 Å². The topological polar surface area (TPSA) is 93.5 Å². The molecule has 1 atom stereocenters. The summed E-state index contributed by atoms with van der Waals surface area (Å²) >= 11 is 0. The van der Waals surface area contributed by atoms with Crippen molar-refractivity contribution in [3.63, 3.8) is 0 Å². The lowest BCUT2D eigenvalue weighted by Crippen LogP contribution is -2.64. The number of methoxy groups -OCH3 is 1. The molecule has 0 saturated heterocycles. The fraction of sp³-hybridized carbons (Fsp3) is 0.280. The predicted molar refractivity (Wildman–Crippen MR) is 123 cm³/mol. The van der Waals surface area contributed by atoms with Gasteiger partial charge < -0.3 is 14.6 Å². The first kappa shape index (κ1) is 22.3. The number of hydrogen-bond acceptors (Lipinski definition) is 5. The Balaban J connectivity index is 1.80. The molecule has 2 amide bonds. The van der Waals surface area contributed by atoms with Crippen LogP contribution >= 0.6 is 0 Å². The van der Waals surface area contributed by atoms with Gasteiger partial charge in [0.2, 0.25) is 5.91 Å². The van der Waals surface area contributed by atoms with Crippen molar-refractivity contribution in [1.29, 1.82) is 0 Å². The quantitative estimate of drug-likeness (QED) is 0.608. The summed E-state index contributed by atoms with van der Waals surface area (Å²) in [6.07, 6.45) is 1.41. The van der Waals surface area contributed by atoms with Crippen LogP contribution in [0.25, 0.3) is 0 Å². The van der Waals surface area contributed by atoms with Crippen LogP contribution in [0.1, 0.15) is 44.6 Å². The first-order valence-corrected chi connectivity index (χ1v) is 10.6. The van der Waals surface area contributed by atoms with E-state index < -0.39 is 17.4 Å². The van der Waals surface area contributed by atoms with Crippen molar-refractivity contribution in [2.45, 2.75) is 39.4 Å². The van der Waals surface area contributed by atoms with Gasteiger partial charge in [-0.05, 0) is 43.5 Å². The molecule has 170 valence electrons. The van der Waals surface area contributed by atoms with Crippen LogP contribution in [-0.2, 0) is 22.6 Å². The molecule has 1 aliphatic rings. The number of ether oxygens (including phenoxy) is 1. The number of amides is 2. The first-order chi connectivity index (χ1) is 15.8. The molecule has 0 fully saturated rings. The molecule has 1 aromatic heterocycles. The second kappa shape index (κ2) is 8.54. The summed E-state index contributed by atoms with van der Waals surface area (Å²) in [5.41, 5.74) is 2.13. The molecule has 8 nitrogen and oxygen atoms in total. The average molecular weight is 447 g/mol. The highest BCUT2D eigenvalue weighted by Crippen LogP contribution is 2.36. The minimum absolute atomic E-state index is 0.0652. The molecule has 2 heterocycles. The molecule has 1 aliphatic heterocycles. The van der Waals surface area contributed by atoms with Gasteiger partial charge in [0.15, 0.2) is 5.69 Å². The van der Waals surface area contributed by atoms with E-state index >= 15 is 0 Å². The number of anilines is 1. The van der Waals surface area contributed by atoms with E-state index in [0.29, 0.717) is 12.2 Å². The number of carbonyl (C=O) groups is 3. The third kappa shape index (κ3) is 3.88. The van der Waals surface area contributed by atoms with E-state index in [-0.39, 0.29) is 23.8 Å². The lowest BCUT2D eigenvalue weighted by molar-refractivity contribution is -0.126. The monoisotopic (exact) mass is 446 g/mol. The summed E-state index contributed by atoms with van der Waals surface area (Å²) in [5, 5.41) is 2.98. The fourth-order valence-electron chi connectivity index (χ4n) is 4.18. The maximum atomic E-state index is 13.9. The van der Waals surface area contributed by atoms with E-state index in [2.05, 4.69) is 10.3 Å². The standard InChI is InChI=1S/C25H26N4O4/c1-16-10-11-17(2)19(12-16)29-22(30)21-20(23(31)33-4)27-15-28(21)14-25(29,3)24(32)26-13-18-8-6-5-7-9-18/h5-12,15H,13-14H2,1-4H3,(H,26,32). The van der Waals surface area contributed by atoms with Gasteiger partial charge in [0.05, 0.1) is 20.0 Å². The summed E-state index contributed by atoms with van der Waals surface area (Å²) in [6, 6.07) is 15.3. The Morgan fingerprint density at radius 3 is 2.58 bits per heavy atom. The zero-order chi connectivity index (χ0) is 23.8. The van der Waals surface area contributed by atoms with Gasteiger partial charge in [0.1, 0.15) is 11.2 Å². The zero-order valence-corrected chi connectivity index (χ0v) is 19.1.